The topological polar surface area (TPSA) is 20.2 Å². The Bertz CT molecular complexity index is 486. The van der Waals surface area contributed by atoms with Gasteiger partial charge in [0, 0.05) is 6.42 Å². The van der Waals surface area contributed by atoms with E-state index in [1.54, 1.807) is 6.07 Å². The lowest BCUT2D eigenvalue weighted by Gasteiger charge is -2.07. The smallest absolute Gasteiger partial charge is 0.119 e. The third-order valence-corrected chi connectivity index (χ3v) is 2.58. The van der Waals surface area contributed by atoms with Crippen molar-refractivity contribution in [2.24, 2.45) is 0 Å². The zero-order valence-corrected chi connectivity index (χ0v) is 9.06. The maximum Gasteiger partial charge on any atom is 0.119 e. The number of para-hydroxylation sites is 1. The van der Waals surface area contributed by atoms with Crippen LogP contribution in [0, 0.1) is 0 Å². The first-order valence-corrected chi connectivity index (χ1v) is 5.27. The monoisotopic (exact) mass is 210 g/mol. The summed E-state index contributed by atoms with van der Waals surface area (Å²) in [5, 5.41) is 9.67. The van der Waals surface area contributed by atoms with Gasteiger partial charge in [-0.3, -0.25) is 0 Å². The molecule has 80 valence electrons. The van der Waals surface area contributed by atoms with Crippen molar-refractivity contribution in [3.63, 3.8) is 0 Å². The molecular weight excluding hydrogens is 196 g/mol. The van der Waals surface area contributed by atoms with Gasteiger partial charge in [0.2, 0.25) is 0 Å². The molecule has 0 aromatic heterocycles. The molecule has 0 saturated carbocycles. The van der Waals surface area contributed by atoms with Crippen molar-refractivity contribution in [1.82, 2.24) is 0 Å². The lowest BCUT2D eigenvalue weighted by atomic mass is 9.99. The molecule has 1 heteroatoms. The second-order valence-electron chi connectivity index (χ2n) is 3.78. The quantitative estimate of drug-likeness (QED) is 0.819. The molecule has 0 atom stereocenters. The molecule has 0 radical (unpaired) electrons. The van der Waals surface area contributed by atoms with E-state index in [1.165, 1.54) is 0 Å². The molecule has 0 fully saturated rings. The fourth-order valence-electron chi connectivity index (χ4n) is 1.67. The summed E-state index contributed by atoms with van der Waals surface area (Å²) in [6.07, 6.45) is 0.677. The first-order chi connectivity index (χ1) is 7.77. The van der Waals surface area contributed by atoms with Crippen LogP contribution in [0.2, 0.25) is 0 Å². The standard InChI is InChI=1S/C15H14O/c1-12(13-7-3-2-4-8-13)11-14-9-5-6-10-15(14)16/h2-10,16H,1,11H2. The van der Waals surface area contributed by atoms with Crippen molar-refractivity contribution in [2.45, 2.75) is 6.42 Å². The second-order valence-corrected chi connectivity index (χ2v) is 3.78. The van der Waals surface area contributed by atoms with Crippen LogP contribution in [-0.2, 0) is 6.42 Å². The van der Waals surface area contributed by atoms with E-state index in [0.29, 0.717) is 12.2 Å². The molecule has 2 aromatic carbocycles. The zero-order valence-electron chi connectivity index (χ0n) is 9.06. The summed E-state index contributed by atoms with van der Waals surface area (Å²) >= 11 is 0. The van der Waals surface area contributed by atoms with E-state index in [9.17, 15) is 5.11 Å². The van der Waals surface area contributed by atoms with E-state index in [0.717, 1.165) is 16.7 Å². The number of phenolic OH excluding ortho intramolecular Hbond substituents is 1. The summed E-state index contributed by atoms with van der Waals surface area (Å²) in [6, 6.07) is 17.4. The molecular formula is C15H14O. The summed E-state index contributed by atoms with van der Waals surface area (Å²) in [6.45, 7) is 4.05. The highest BCUT2D eigenvalue weighted by Gasteiger charge is 2.03. The molecule has 0 amide bonds. The molecule has 0 aliphatic heterocycles. The Labute approximate surface area is 95.7 Å². The molecule has 16 heavy (non-hydrogen) atoms. The maximum atomic E-state index is 9.67. The predicted molar refractivity (Wildman–Crippen MR) is 67.3 cm³/mol. The molecule has 0 saturated heterocycles. The van der Waals surface area contributed by atoms with Crippen LogP contribution >= 0.6 is 0 Å². The molecule has 1 nitrogen and oxygen atoms in total. The first-order valence-electron chi connectivity index (χ1n) is 5.27. The molecule has 0 bridgehead atoms. The van der Waals surface area contributed by atoms with Gasteiger partial charge in [0.1, 0.15) is 5.75 Å². The Kier molecular flexibility index (Phi) is 3.06. The molecule has 0 aliphatic carbocycles. The summed E-state index contributed by atoms with van der Waals surface area (Å²) < 4.78 is 0. The van der Waals surface area contributed by atoms with Crippen LogP contribution in [0.1, 0.15) is 11.1 Å². The Morgan fingerprint density at radius 2 is 1.56 bits per heavy atom. The van der Waals surface area contributed by atoms with Crippen LogP contribution in [0.3, 0.4) is 0 Å². The summed E-state index contributed by atoms with van der Waals surface area (Å²) in [7, 11) is 0. The molecule has 2 rings (SSSR count). The van der Waals surface area contributed by atoms with Gasteiger partial charge in [0.05, 0.1) is 0 Å². The highest BCUT2D eigenvalue weighted by molar-refractivity contribution is 5.66. The van der Waals surface area contributed by atoms with Crippen molar-refractivity contribution in [2.75, 3.05) is 0 Å². The summed E-state index contributed by atoms with van der Waals surface area (Å²) in [4.78, 5) is 0. The third kappa shape index (κ3) is 2.31. The van der Waals surface area contributed by atoms with Crippen molar-refractivity contribution in [3.05, 3.63) is 72.3 Å². The maximum absolute atomic E-state index is 9.67. The van der Waals surface area contributed by atoms with Crippen LogP contribution in [0.25, 0.3) is 5.57 Å². The van der Waals surface area contributed by atoms with Gasteiger partial charge in [-0.25, -0.2) is 0 Å². The largest absolute Gasteiger partial charge is 0.508 e. The highest BCUT2D eigenvalue weighted by atomic mass is 16.3. The van der Waals surface area contributed by atoms with Crippen LogP contribution in [0.15, 0.2) is 61.2 Å². The van der Waals surface area contributed by atoms with E-state index in [4.69, 9.17) is 0 Å². The first kappa shape index (κ1) is 10.5. The second kappa shape index (κ2) is 4.67. The van der Waals surface area contributed by atoms with Gasteiger partial charge in [-0.2, -0.15) is 0 Å². The number of phenols is 1. The van der Waals surface area contributed by atoms with Gasteiger partial charge in [0.15, 0.2) is 0 Å². The zero-order chi connectivity index (χ0) is 11.4. The number of benzene rings is 2. The SMILES string of the molecule is C=C(Cc1ccccc1O)c1ccccc1. The fourth-order valence-corrected chi connectivity index (χ4v) is 1.67. The number of hydrogen-bond acceptors (Lipinski definition) is 1. The van der Waals surface area contributed by atoms with Gasteiger partial charge in [-0.05, 0) is 22.8 Å². The van der Waals surface area contributed by atoms with Gasteiger partial charge < -0.3 is 5.11 Å². The van der Waals surface area contributed by atoms with Gasteiger partial charge >= 0.3 is 0 Å². The van der Waals surface area contributed by atoms with Gasteiger partial charge in [0.25, 0.3) is 0 Å². The molecule has 0 heterocycles. The normalized spacial score (nSPS) is 10.0. The van der Waals surface area contributed by atoms with E-state index < -0.39 is 0 Å². The van der Waals surface area contributed by atoms with Crippen LogP contribution in [0.5, 0.6) is 5.75 Å². The highest BCUT2D eigenvalue weighted by Crippen LogP contribution is 2.23. The van der Waals surface area contributed by atoms with E-state index in [2.05, 4.69) is 6.58 Å². The minimum atomic E-state index is 0.333. The number of hydrogen-bond donors (Lipinski definition) is 1. The summed E-state index contributed by atoms with van der Waals surface area (Å²) in [5.74, 6) is 0.333. The van der Waals surface area contributed by atoms with Crippen LogP contribution < -0.4 is 0 Å². The Morgan fingerprint density at radius 3 is 2.25 bits per heavy atom. The van der Waals surface area contributed by atoms with E-state index in [1.807, 2.05) is 48.5 Å². The number of rotatable bonds is 3. The average molecular weight is 210 g/mol. The Balaban J connectivity index is 2.18. The van der Waals surface area contributed by atoms with Gasteiger partial charge in [-0.1, -0.05) is 55.1 Å². The van der Waals surface area contributed by atoms with E-state index in [-0.39, 0.29) is 0 Å². The van der Waals surface area contributed by atoms with Crippen LogP contribution in [0.4, 0.5) is 0 Å². The Hall–Kier alpha value is -2.02. The fraction of sp³-hybridized carbons (Fsp3) is 0.0667. The molecule has 0 unspecified atom stereocenters. The predicted octanol–water partition coefficient (Wildman–Crippen LogP) is 3.65. The average Bonchev–Trinajstić information content (AvgIpc) is 2.33. The minimum absolute atomic E-state index is 0.333. The van der Waals surface area contributed by atoms with E-state index >= 15 is 0 Å². The molecule has 2 aromatic rings. The molecule has 0 spiro atoms. The lowest BCUT2D eigenvalue weighted by Crippen LogP contribution is -1.89. The van der Waals surface area contributed by atoms with Gasteiger partial charge in [-0.15, -0.1) is 0 Å². The van der Waals surface area contributed by atoms with Crippen molar-refractivity contribution in [3.8, 4) is 5.75 Å². The number of allylic oxidation sites excluding steroid dienone is 1. The minimum Gasteiger partial charge on any atom is -0.508 e. The van der Waals surface area contributed by atoms with Crippen molar-refractivity contribution in [1.29, 1.82) is 0 Å². The lowest BCUT2D eigenvalue weighted by molar-refractivity contribution is 0.470. The van der Waals surface area contributed by atoms with Crippen molar-refractivity contribution < 1.29 is 5.11 Å². The third-order valence-electron chi connectivity index (χ3n) is 2.58. The van der Waals surface area contributed by atoms with Crippen molar-refractivity contribution >= 4 is 5.57 Å². The summed E-state index contributed by atoms with van der Waals surface area (Å²) in [5.41, 5.74) is 3.05. The Morgan fingerprint density at radius 1 is 0.938 bits per heavy atom. The molecule has 0 aliphatic rings. The number of aromatic hydroxyl groups is 1. The molecule has 1 N–H and O–H groups in total. The van der Waals surface area contributed by atoms with Crippen LogP contribution in [-0.4, -0.2) is 5.11 Å².